The fourth-order valence-corrected chi connectivity index (χ4v) is 1.11. The van der Waals surface area contributed by atoms with Crippen LogP contribution >= 0.6 is 0 Å². The molecule has 0 aliphatic heterocycles. The van der Waals surface area contributed by atoms with Crippen LogP contribution in [0.2, 0.25) is 0 Å². The molecule has 118 valence electrons. The minimum atomic E-state index is -3.15. The third-order valence-corrected chi connectivity index (χ3v) is 2.11. The summed E-state index contributed by atoms with van der Waals surface area (Å²) in [7, 11) is 0. The van der Waals surface area contributed by atoms with E-state index in [1.54, 1.807) is 6.92 Å². The molecule has 0 rings (SSSR count). The van der Waals surface area contributed by atoms with E-state index in [4.69, 9.17) is 0 Å². The monoisotopic (exact) mass is 302 g/mol. The summed E-state index contributed by atoms with van der Waals surface area (Å²) in [6.07, 6.45) is 0.0836. The average molecular weight is 302 g/mol. The van der Waals surface area contributed by atoms with Gasteiger partial charge in [-0.25, -0.2) is 9.59 Å². The molecule has 2 N–H and O–H groups in total. The number of carbonyl (C=O) groups is 3. The van der Waals surface area contributed by atoms with E-state index < -0.39 is 36.6 Å². The van der Waals surface area contributed by atoms with Gasteiger partial charge in [-0.15, -0.1) is 0 Å². The van der Waals surface area contributed by atoms with Gasteiger partial charge in [0, 0.05) is 18.6 Å². The van der Waals surface area contributed by atoms with Gasteiger partial charge in [0.05, 0.1) is 0 Å². The summed E-state index contributed by atoms with van der Waals surface area (Å²) in [4.78, 5) is 33.4. The maximum absolute atomic E-state index is 11.3. The number of esters is 3. The minimum absolute atomic E-state index is 0.0720. The Morgan fingerprint density at radius 2 is 1.76 bits per heavy atom. The Balaban J connectivity index is 4.92. The first-order chi connectivity index (χ1) is 9.76. The Labute approximate surface area is 121 Å². The lowest BCUT2D eigenvalue weighted by Crippen LogP contribution is -2.51. The molecule has 0 radical (unpaired) electrons. The molecule has 0 aromatic carbocycles. The van der Waals surface area contributed by atoms with Crippen molar-refractivity contribution in [1.82, 2.24) is 0 Å². The van der Waals surface area contributed by atoms with Crippen molar-refractivity contribution in [2.75, 3.05) is 6.61 Å². The summed E-state index contributed by atoms with van der Waals surface area (Å²) in [5.41, 5.74) is 0. The van der Waals surface area contributed by atoms with E-state index in [2.05, 4.69) is 27.4 Å². The van der Waals surface area contributed by atoms with Gasteiger partial charge in [-0.05, 0) is 6.42 Å². The molecule has 0 spiro atoms. The minimum Gasteiger partial charge on any atom is -0.458 e. The van der Waals surface area contributed by atoms with Crippen LogP contribution in [0.5, 0.6) is 0 Å². The quantitative estimate of drug-likeness (QED) is 0.260. The molecular weight excluding hydrogens is 284 g/mol. The van der Waals surface area contributed by atoms with Gasteiger partial charge in [-0.2, -0.15) is 0 Å². The van der Waals surface area contributed by atoms with Crippen LogP contribution in [0.3, 0.4) is 0 Å². The predicted molar refractivity (Wildman–Crippen MR) is 69.4 cm³/mol. The van der Waals surface area contributed by atoms with E-state index in [0.717, 1.165) is 12.2 Å². The summed E-state index contributed by atoms with van der Waals surface area (Å²) in [5, 5.41) is 19.4. The van der Waals surface area contributed by atoms with E-state index >= 15 is 0 Å². The second-order valence-corrected chi connectivity index (χ2v) is 3.85. The third-order valence-electron chi connectivity index (χ3n) is 2.11. The first-order valence-electron chi connectivity index (χ1n) is 6.05. The molecule has 0 heterocycles. The number of hydrogen-bond acceptors (Lipinski definition) is 8. The smallest absolute Gasteiger partial charge is 0.367 e. The van der Waals surface area contributed by atoms with Crippen LogP contribution in [0, 0.1) is 0 Å². The molecule has 8 heteroatoms. The largest absolute Gasteiger partial charge is 0.458 e. The van der Waals surface area contributed by atoms with Gasteiger partial charge >= 0.3 is 23.9 Å². The van der Waals surface area contributed by atoms with Crippen LogP contribution in [-0.2, 0) is 28.6 Å². The summed E-state index contributed by atoms with van der Waals surface area (Å²) >= 11 is 0. The molecule has 0 fully saturated rings. The fourth-order valence-electron chi connectivity index (χ4n) is 1.11. The topological polar surface area (TPSA) is 119 Å². The lowest BCUT2D eigenvalue weighted by Gasteiger charge is -2.28. The summed E-state index contributed by atoms with van der Waals surface area (Å²) in [6.45, 7) is 7.20. The molecule has 0 bridgehead atoms. The molecular formula is C13H18O8. The van der Waals surface area contributed by atoms with Crippen molar-refractivity contribution in [3.63, 3.8) is 0 Å². The van der Waals surface area contributed by atoms with Crippen molar-refractivity contribution in [2.24, 2.45) is 0 Å². The average Bonchev–Trinajstić information content (AvgIpc) is 2.41. The van der Waals surface area contributed by atoms with Gasteiger partial charge in [-0.3, -0.25) is 4.79 Å². The fraction of sp³-hybridized carbons (Fsp3) is 0.462. The molecule has 21 heavy (non-hydrogen) atoms. The van der Waals surface area contributed by atoms with Crippen molar-refractivity contribution in [1.29, 1.82) is 0 Å². The second kappa shape index (κ2) is 8.88. The van der Waals surface area contributed by atoms with Crippen molar-refractivity contribution < 1.29 is 38.8 Å². The summed E-state index contributed by atoms with van der Waals surface area (Å²) in [6, 6.07) is 0. The molecule has 0 saturated heterocycles. The number of rotatable bonds is 9. The number of hydrogen-bond donors (Lipinski definition) is 2. The van der Waals surface area contributed by atoms with Gasteiger partial charge in [0.25, 0.3) is 0 Å². The molecule has 0 aromatic rings. The maximum atomic E-state index is 11.3. The maximum Gasteiger partial charge on any atom is 0.367 e. The Morgan fingerprint density at radius 1 is 1.19 bits per heavy atom. The standard InChI is InChI=1S/C13H18O8/c1-4-7-12(16)21-13(17,18)9(20-11(15)6-3)8-19-10(14)5-2/h5-6,9,17-18H,2-4,7-8H2,1H3. The van der Waals surface area contributed by atoms with Gasteiger partial charge < -0.3 is 24.4 Å². The molecule has 1 unspecified atom stereocenters. The van der Waals surface area contributed by atoms with E-state index in [-0.39, 0.29) is 6.42 Å². The van der Waals surface area contributed by atoms with Crippen LogP contribution in [-0.4, -0.2) is 46.8 Å². The van der Waals surface area contributed by atoms with Gasteiger partial charge in [0.15, 0.2) is 0 Å². The zero-order valence-electron chi connectivity index (χ0n) is 11.6. The Morgan fingerprint density at radius 3 is 2.24 bits per heavy atom. The van der Waals surface area contributed by atoms with E-state index in [0.29, 0.717) is 6.42 Å². The molecule has 0 aromatic heterocycles. The first kappa shape index (κ1) is 18.8. The summed E-state index contributed by atoms with van der Waals surface area (Å²) in [5.74, 6) is -5.97. The lowest BCUT2D eigenvalue weighted by atomic mass is 10.3. The van der Waals surface area contributed by atoms with Crippen LogP contribution in [0.15, 0.2) is 25.3 Å². The highest BCUT2D eigenvalue weighted by molar-refractivity contribution is 5.82. The zero-order valence-corrected chi connectivity index (χ0v) is 11.6. The Bertz CT molecular complexity index is 412. The van der Waals surface area contributed by atoms with Crippen molar-refractivity contribution in [2.45, 2.75) is 31.8 Å². The molecule has 0 saturated carbocycles. The van der Waals surface area contributed by atoms with Crippen molar-refractivity contribution in [3.05, 3.63) is 25.3 Å². The zero-order chi connectivity index (χ0) is 16.5. The molecule has 0 amide bonds. The molecule has 1 atom stereocenters. The van der Waals surface area contributed by atoms with Crippen molar-refractivity contribution in [3.8, 4) is 0 Å². The number of ether oxygens (including phenoxy) is 3. The highest BCUT2D eigenvalue weighted by Gasteiger charge is 2.43. The van der Waals surface area contributed by atoms with Gasteiger partial charge in [0.2, 0.25) is 6.10 Å². The van der Waals surface area contributed by atoms with Crippen molar-refractivity contribution >= 4 is 17.9 Å². The third kappa shape index (κ3) is 7.23. The Hall–Kier alpha value is -2.19. The van der Waals surface area contributed by atoms with Gasteiger partial charge in [0.1, 0.15) is 6.61 Å². The number of aliphatic hydroxyl groups is 2. The molecule has 0 aliphatic rings. The number of carbonyl (C=O) groups excluding carboxylic acids is 3. The van der Waals surface area contributed by atoms with Crippen LogP contribution in [0.25, 0.3) is 0 Å². The first-order valence-corrected chi connectivity index (χ1v) is 6.05. The molecule has 8 nitrogen and oxygen atoms in total. The highest BCUT2D eigenvalue weighted by Crippen LogP contribution is 2.15. The normalized spacial score (nSPS) is 12.0. The predicted octanol–water partition coefficient (Wildman–Crippen LogP) is -0.205. The second-order valence-electron chi connectivity index (χ2n) is 3.85. The molecule has 0 aliphatic carbocycles. The van der Waals surface area contributed by atoms with Crippen LogP contribution < -0.4 is 0 Å². The summed E-state index contributed by atoms with van der Waals surface area (Å²) < 4.78 is 13.5. The van der Waals surface area contributed by atoms with Crippen LogP contribution in [0.1, 0.15) is 19.8 Å². The van der Waals surface area contributed by atoms with Gasteiger partial charge in [-0.1, -0.05) is 20.1 Å². The van der Waals surface area contributed by atoms with E-state index in [1.165, 1.54) is 0 Å². The van der Waals surface area contributed by atoms with E-state index in [9.17, 15) is 24.6 Å². The SMILES string of the molecule is C=CC(=O)OCC(OC(=O)C=C)C(O)(O)OC(=O)CCC. The van der Waals surface area contributed by atoms with Crippen LogP contribution in [0.4, 0.5) is 0 Å². The Kier molecular flexibility index (Phi) is 7.95. The van der Waals surface area contributed by atoms with E-state index in [1.807, 2.05) is 0 Å². The highest BCUT2D eigenvalue weighted by atomic mass is 16.8. The lowest BCUT2D eigenvalue weighted by molar-refractivity contribution is -0.361.